The maximum atomic E-state index is 12.8. The van der Waals surface area contributed by atoms with Gasteiger partial charge in [-0.3, -0.25) is 14.7 Å². The van der Waals surface area contributed by atoms with E-state index < -0.39 is 6.04 Å². The van der Waals surface area contributed by atoms with E-state index in [1.807, 2.05) is 49.4 Å². The third kappa shape index (κ3) is 1.69. The highest BCUT2D eigenvalue weighted by Gasteiger charge is 2.47. The molecule has 2 aromatic rings. The van der Waals surface area contributed by atoms with E-state index in [-0.39, 0.29) is 11.9 Å². The lowest BCUT2D eigenvalue weighted by molar-refractivity contribution is -0.116. The van der Waals surface area contributed by atoms with Gasteiger partial charge in [0.15, 0.2) is 6.04 Å². The second kappa shape index (κ2) is 4.53. The summed E-state index contributed by atoms with van der Waals surface area (Å²) in [5, 5.41) is 0. The van der Waals surface area contributed by atoms with Gasteiger partial charge in [-0.25, -0.2) is 9.69 Å². The Morgan fingerprint density at radius 1 is 1.05 bits per heavy atom. The first-order chi connectivity index (χ1) is 10.7. The summed E-state index contributed by atoms with van der Waals surface area (Å²) in [6.07, 6.45) is 1.54. The van der Waals surface area contributed by atoms with Crippen LogP contribution in [0, 0.1) is 6.92 Å². The molecular formula is C17H13N3O2. The van der Waals surface area contributed by atoms with Crippen LogP contribution in [0.4, 0.5) is 21.9 Å². The lowest BCUT2D eigenvalue weighted by Crippen LogP contribution is -2.38. The Morgan fingerprint density at radius 3 is 2.68 bits per heavy atom. The van der Waals surface area contributed by atoms with Gasteiger partial charge in [0, 0.05) is 6.21 Å². The van der Waals surface area contributed by atoms with Gasteiger partial charge in [-0.2, -0.15) is 0 Å². The number of nitrogens with zero attached hydrogens (tertiary/aromatic N) is 3. The number of anilines is 2. The van der Waals surface area contributed by atoms with Gasteiger partial charge in [0.25, 0.3) is 5.91 Å². The first kappa shape index (κ1) is 12.8. The highest BCUT2D eigenvalue weighted by Crippen LogP contribution is 2.38. The molecule has 0 spiro atoms. The molecular weight excluding hydrogens is 278 g/mol. The summed E-state index contributed by atoms with van der Waals surface area (Å²) < 4.78 is 0. The first-order valence-electron chi connectivity index (χ1n) is 7.04. The number of para-hydroxylation sites is 2. The van der Waals surface area contributed by atoms with E-state index in [2.05, 4.69) is 4.99 Å². The second-order valence-corrected chi connectivity index (χ2v) is 5.38. The van der Waals surface area contributed by atoms with Gasteiger partial charge in [0.1, 0.15) is 0 Å². The highest BCUT2D eigenvalue weighted by molar-refractivity contribution is 6.34. The van der Waals surface area contributed by atoms with E-state index in [1.165, 1.54) is 9.80 Å². The Kier molecular flexibility index (Phi) is 2.63. The molecule has 1 atom stereocenters. The maximum Gasteiger partial charge on any atom is 0.337 e. The number of urea groups is 1. The molecule has 2 heterocycles. The lowest BCUT2D eigenvalue weighted by atomic mass is 10.1. The number of imide groups is 1. The van der Waals surface area contributed by atoms with Crippen molar-refractivity contribution in [3.05, 3.63) is 54.1 Å². The number of benzene rings is 2. The van der Waals surface area contributed by atoms with Crippen molar-refractivity contribution < 1.29 is 9.59 Å². The van der Waals surface area contributed by atoms with Crippen LogP contribution in [0.15, 0.2) is 53.5 Å². The summed E-state index contributed by atoms with van der Waals surface area (Å²) in [4.78, 5) is 32.5. The first-order valence-corrected chi connectivity index (χ1v) is 7.04. The van der Waals surface area contributed by atoms with Crippen LogP contribution in [-0.4, -0.2) is 24.2 Å². The number of carbonyl (C=O) groups excluding carboxylic acids is 2. The predicted molar refractivity (Wildman–Crippen MR) is 84.9 cm³/mol. The predicted octanol–water partition coefficient (Wildman–Crippen LogP) is 3.05. The maximum absolute atomic E-state index is 12.8. The number of carbonyl (C=O) groups is 2. The summed E-state index contributed by atoms with van der Waals surface area (Å²) in [7, 11) is 0. The van der Waals surface area contributed by atoms with Crippen molar-refractivity contribution in [2.24, 2.45) is 4.99 Å². The van der Waals surface area contributed by atoms with Crippen LogP contribution < -0.4 is 9.80 Å². The Morgan fingerprint density at radius 2 is 1.86 bits per heavy atom. The second-order valence-electron chi connectivity index (χ2n) is 5.38. The van der Waals surface area contributed by atoms with E-state index in [1.54, 1.807) is 12.3 Å². The molecule has 5 heteroatoms. The van der Waals surface area contributed by atoms with Crippen molar-refractivity contribution in [2.45, 2.75) is 13.0 Å². The normalized spacial score (nSPS) is 19.4. The number of hydrogen-bond donors (Lipinski definition) is 0. The van der Waals surface area contributed by atoms with Gasteiger partial charge >= 0.3 is 6.03 Å². The number of rotatable bonds is 1. The van der Waals surface area contributed by atoms with Crippen molar-refractivity contribution in [3.63, 3.8) is 0 Å². The number of hydrogen-bond acceptors (Lipinski definition) is 3. The van der Waals surface area contributed by atoms with Crippen LogP contribution >= 0.6 is 0 Å². The molecule has 3 amide bonds. The molecule has 0 radical (unpaired) electrons. The fraction of sp³-hybridized carbons (Fsp3) is 0.118. The minimum Gasteiger partial charge on any atom is -0.274 e. The molecule has 0 aliphatic carbocycles. The van der Waals surface area contributed by atoms with Gasteiger partial charge in [-0.05, 0) is 36.8 Å². The zero-order valence-electron chi connectivity index (χ0n) is 11.9. The fourth-order valence-corrected chi connectivity index (χ4v) is 2.88. The molecule has 0 saturated carbocycles. The topological polar surface area (TPSA) is 53.0 Å². The monoisotopic (exact) mass is 291 g/mol. The Hall–Kier alpha value is -2.95. The summed E-state index contributed by atoms with van der Waals surface area (Å²) in [6, 6.07) is 13.7. The Bertz CT molecular complexity index is 828. The number of aryl methyl sites for hydroxylation is 1. The van der Waals surface area contributed by atoms with Crippen molar-refractivity contribution in [3.8, 4) is 0 Å². The summed E-state index contributed by atoms with van der Waals surface area (Å²) in [5.74, 6) is -0.270. The molecule has 2 aromatic carbocycles. The molecule has 108 valence electrons. The zero-order valence-corrected chi connectivity index (χ0v) is 11.9. The van der Waals surface area contributed by atoms with Crippen molar-refractivity contribution in [1.82, 2.24) is 0 Å². The summed E-state index contributed by atoms with van der Waals surface area (Å²) in [5.41, 5.74) is 2.96. The molecule has 22 heavy (non-hydrogen) atoms. The fourth-order valence-electron chi connectivity index (χ4n) is 2.88. The highest BCUT2D eigenvalue weighted by atomic mass is 16.2. The molecule has 0 bridgehead atoms. The molecule has 0 N–H and O–H groups in total. The van der Waals surface area contributed by atoms with Crippen LogP contribution in [0.25, 0.3) is 0 Å². The van der Waals surface area contributed by atoms with Gasteiger partial charge in [-0.15, -0.1) is 0 Å². The number of aliphatic imine (C=N–C) groups is 1. The van der Waals surface area contributed by atoms with E-state index in [4.69, 9.17) is 0 Å². The minimum atomic E-state index is -0.664. The number of amides is 3. The minimum absolute atomic E-state index is 0.270. The smallest absolute Gasteiger partial charge is 0.274 e. The summed E-state index contributed by atoms with van der Waals surface area (Å²) >= 11 is 0. The molecule has 1 unspecified atom stereocenters. The SMILES string of the molecule is Cc1cccc(N2C(=O)C3C=Nc4ccccc4N3C2=O)c1. The molecule has 4 rings (SSSR count). The molecule has 1 fully saturated rings. The molecule has 2 aliphatic heterocycles. The molecule has 2 aliphatic rings. The molecule has 0 aromatic heterocycles. The van der Waals surface area contributed by atoms with Gasteiger partial charge in [0.2, 0.25) is 0 Å². The largest absolute Gasteiger partial charge is 0.337 e. The number of fused-ring (bicyclic) bond motifs is 3. The zero-order chi connectivity index (χ0) is 15.3. The van der Waals surface area contributed by atoms with Crippen molar-refractivity contribution >= 4 is 35.2 Å². The van der Waals surface area contributed by atoms with Gasteiger partial charge in [-0.1, -0.05) is 24.3 Å². The quantitative estimate of drug-likeness (QED) is 0.758. The van der Waals surface area contributed by atoms with Crippen molar-refractivity contribution in [2.75, 3.05) is 9.80 Å². The van der Waals surface area contributed by atoms with Crippen LogP contribution in [0.3, 0.4) is 0 Å². The van der Waals surface area contributed by atoms with Gasteiger partial charge < -0.3 is 0 Å². The summed E-state index contributed by atoms with van der Waals surface area (Å²) in [6.45, 7) is 1.93. The third-order valence-corrected chi connectivity index (χ3v) is 3.90. The average Bonchev–Trinajstić information content (AvgIpc) is 2.79. The van der Waals surface area contributed by atoms with Crippen LogP contribution in [-0.2, 0) is 4.79 Å². The van der Waals surface area contributed by atoms with Crippen LogP contribution in [0.5, 0.6) is 0 Å². The molecule has 5 nitrogen and oxygen atoms in total. The van der Waals surface area contributed by atoms with Crippen molar-refractivity contribution in [1.29, 1.82) is 0 Å². The average molecular weight is 291 g/mol. The van der Waals surface area contributed by atoms with E-state index >= 15 is 0 Å². The van der Waals surface area contributed by atoms with Crippen LogP contribution in [0.1, 0.15) is 5.56 Å². The van der Waals surface area contributed by atoms with E-state index in [9.17, 15) is 9.59 Å². The Balaban J connectivity index is 1.83. The Labute approximate surface area is 127 Å². The van der Waals surface area contributed by atoms with Crippen LogP contribution in [0.2, 0.25) is 0 Å². The van der Waals surface area contributed by atoms with E-state index in [0.717, 1.165) is 5.56 Å². The lowest BCUT2D eigenvalue weighted by Gasteiger charge is -2.24. The molecule has 1 saturated heterocycles. The van der Waals surface area contributed by atoms with E-state index in [0.29, 0.717) is 17.1 Å². The third-order valence-electron chi connectivity index (χ3n) is 3.90. The van der Waals surface area contributed by atoms with Gasteiger partial charge in [0.05, 0.1) is 17.1 Å². The standard InChI is InChI=1S/C17H13N3O2/c1-11-5-4-6-12(9-11)19-16(21)15-10-18-13-7-2-3-8-14(13)20(15)17(19)22/h2-10,15H,1H3.